The topological polar surface area (TPSA) is 38.1 Å². The van der Waals surface area contributed by atoms with Gasteiger partial charge in [0, 0.05) is 10.8 Å². The Morgan fingerprint density at radius 2 is 2.16 bits per heavy atom. The fraction of sp³-hybridized carbons (Fsp3) is 0.267. The first-order valence-corrected chi connectivity index (χ1v) is 7.15. The van der Waals surface area contributed by atoms with Gasteiger partial charge in [-0.15, -0.1) is 11.3 Å². The Balaban J connectivity index is 2.09. The van der Waals surface area contributed by atoms with Gasteiger partial charge in [0.1, 0.15) is 17.4 Å². The van der Waals surface area contributed by atoms with Crippen LogP contribution in [0.5, 0.6) is 0 Å². The minimum absolute atomic E-state index is 0.0109. The van der Waals surface area contributed by atoms with Crippen molar-refractivity contribution < 1.29 is 4.42 Å². The van der Waals surface area contributed by atoms with Crippen molar-refractivity contribution in [1.82, 2.24) is 10.3 Å². The lowest BCUT2D eigenvalue weighted by atomic mass is 10.1. The summed E-state index contributed by atoms with van der Waals surface area (Å²) in [6, 6.07) is 8.30. The summed E-state index contributed by atoms with van der Waals surface area (Å²) in [5, 5.41) is 7.57. The fourth-order valence-electron chi connectivity index (χ4n) is 2.32. The van der Waals surface area contributed by atoms with E-state index in [1.807, 2.05) is 14.0 Å². The van der Waals surface area contributed by atoms with Gasteiger partial charge in [-0.2, -0.15) is 0 Å². The van der Waals surface area contributed by atoms with Crippen LogP contribution in [0, 0.1) is 13.8 Å². The average Bonchev–Trinajstić information content (AvgIpc) is 2.98. The molecule has 1 aromatic carbocycles. The van der Waals surface area contributed by atoms with Gasteiger partial charge >= 0.3 is 0 Å². The van der Waals surface area contributed by atoms with Crippen LogP contribution < -0.4 is 5.32 Å². The maximum atomic E-state index is 6.02. The normalized spacial score (nSPS) is 13.0. The van der Waals surface area contributed by atoms with Gasteiger partial charge in [0.15, 0.2) is 0 Å². The fourth-order valence-corrected chi connectivity index (χ4v) is 2.96. The molecule has 19 heavy (non-hydrogen) atoms. The zero-order chi connectivity index (χ0) is 13.4. The number of nitrogens with zero attached hydrogens (tertiary/aromatic N) is 1. The Morgan fingerprint density at radius 1 is 1.32 bits per heavy atom. The summed E-state index contributed by atoms with van der Waals surface area (Å²) in [6.07, 6.45) is 0. The molecule has 1 N–H and O–H groups in total. The molecule has 4 heteroatoms. The molecule has 3 nitrogen and oxygen atoms in total. The molecule has 98 valence electrons. The van der Waals surface area contributed by atoms with Crippen molar-refractivity contribution in [1.29, 1.82) is 0 Å². The van der Waals surface area contributed by atoms with Gasteiger partial charge in [-0.1, -0.05) is 18.2 Å². The Kier molecular flexibility index (Phi) is 3.12. The first kappa shape index (κ1) is 12.4. The predicted molar refractivity (Wildman–Crippen MR) is 78.7 cm³/mol. The van der Waals surface area contributed by atoms with Crippen molar-refractivity contribution in [2.75, 3.05) is 7.05 Å². The third kappa shape index (κ3) is 2.17. The number of para-hydroxylation sites is 1. The quantitative estimate of drug-likeness (QED) is 0.787. The van der Waals surface area contributed by atoms with E-state index in [0.29, 0.717) is 0 Å². The van der Waals surface area contributed by atoms with E-state index in [0.717, 1.165) is 33.0 Å². The number of thiazole rings is 1. The molecule has 0 aliphatic carbocycles. The molecule has 0 radical (unpaired) electrons. The van der Waals surface area contributed by atoms with E-state index in [4.69, 9.17) is 4.42 Å². The Morgan fingerprint density at radius 3 is 2.79 bits per heavy atom. The molecule has 0 fully saturated rings. The van der Waals surface area contributed by atoms with Crippen molar-refractivity contribution >= 4 is 22.3 Å². The minimum Gasteiger partial charge on any atom is -0.459 e. The number of rotatable bonds is 3. The van der Waals surface area contributed by atoms with Gasteiger partial charge in [0.25, 0.3) is 0 Å². The smallest absolute Gasteiger partial charge is 0.137 e. The molecule has 1 atom stereocenters. The van der Waals surface area contributed by atoms with Gasteiger partial charge in [0.2, 0.25) is 0 Å². The lowest BCUT2D eigenvalue weighted by Crippen LogP contribution is -2.17. The number of hydrogen-bond donors (Lipinski definition) is 1. The third-order valence-electron chi connectivity index (χ3n) is 3.27. The molecule has 2 aromatic heterocycles. The van der Waals surface area contributed by atoms with Crippen molar-refractivity contribution in [3.8, 4) is 0 Å². The summed E-state index contributed by atoms with van der Waals surface area (Å²) in [5.74, 6) is 0.914. The SMILES string of the molecule is CNC(c1csc(C)n1)c1cc2cccc(C)c2o1. The molecule has 1 unspecified atom stereocenters. The number of fused-ring (bicyclic) bond motifs is 1. The molecule has 3 rings (SSSR count). The predicted octanol–water partition coefficient (Wildman–Crippen LogP) is 3.81. The lowest BCUT2D eigenvalue weighted by Gasteiger charge is -2.10. The van der Waals surface area contributed by atoms with Crippen LogP contribution in [0.1, 0.15) is 28.1 Å². The third-order valence-corrected chi connectivity index (χ3v) is 4.06. The molecular weight excluding hydrogens is 256 g/mol. The second-order valence-electron chi connectivity index (χ2n) is 4.66. The van der Waals surface area contributed by atoms with Gasteiger partial charge in [-0.3, -0.25) is 0 Å². The summed E-state index contributed by atoms with van der Waals surface area (Å²) in [4.78, 5) is 4.55. The maximum absolute atomic E-state index is 6.02. The number of hydrogen-bond acceptors (Lipinski definition) is 4. The summed E-state index contributed by atoms with van der Waals surface area (Å²) < 4.78 is 6.02. The molecule has 3 aromatic rings. The maximum Gasteiger partial charge on any atom is 0.137 e. The number of nitrogens with one attached hydrogen (secondary N) is 1. The molecule has 2 heterocycles. The Labute approximate surface area is 116 Å². The van der Waals surface area contributed by atoms with Crippen molar-refractivity contribution in [2.24, 2.45) is 0 Å². The summed E-state index contributed by atoms with van der Waals surface area (Å²) in [5.41, 5.74) is 3.14. The van der Waals surface area contributed by atoms with E-state index in [9.17, 15) is 0 Å². The Hall–Kier alpha value is -1.65. The second kappa shape index (κ2) is 4.79. The van der Waals surface area contributed by atoms with E-state index < -0.39 is 0 Å². The highest BCUT2D eigenvalue weighted by Gasteiger charge is 2.19. The minimum atomic E-state index is 0.0109. The van der Waals surface area contributed by atoms with Gasteiger partial charge in [-0.05, 0) is 32.5 Å². The van der Waals surface area contributed by atoms with Crippen LogP contribution in [0.2, 0.25) is 0 Å². The Bertz CT molecular complexity index is 714. The van der Waals surface area contributed by atoms with Crippen LogP contribution in [0.25, 0.3) is 11.0 Å². The van der Waals surface area contributed by atoms with E-state index in [2.05, 4.69) is 46.9 Å². The second-order valence-corrected chi connectivity index (χ2v) is 5.72. The number of aryl methyl sites for hydroxylation is 2. The molecule has 0 aliphatic rings. The average molecular weight is 272 g/mol. The molecule has 0 saturated carbocycles. The van der Waals surface area contributed by atoms with E-state index in [-0.39, 0.29) is 6.04 Å². The number of aromatic nitrogens is 1. The summed E-state index contributed by atoms with van der Waals surface area (Å²) in [7, 11) is 1.93. The van der Waals surface area contributed by atoms with Gasteiger partial charge < -0.3 is 9.73 Å². The van der Waals surface area contributed by atoms with E-state index >= 15 is 0 Å². The zero-order valence-corrected chi connectivity index (χ0v) is 12.0. The van der Waals surface area contributed by atoms with Crippen LogP contribution in [0.15, 0.2) is 34.1 Å². The zero-order valence-electron chi connectivity index (χ0n) is 11.2. The molecule has 0 aliphatic heterocycles. The van der Waals surface area contributed by atoms with Crippen LogP contribution in [-0.4, -0.2) is 12.0 Å². The van der Waals surface area contributed by atoms with Crippen LogP contribution >= 0.6 is 11.3 Å². The highest BCUT2D eigenvalue weighted by molar-refractivity contribution is 7.09. The molecular formula is C15H16N2OS. The van der Waals surface area contributed by atoms with Crippen molar-refractivity contribution in [3.63, 3.8) is 0 Å². The van der Waals surface area contributed by atoms with E-state index in [1.165, 1.54) is 0 Å². The summed E-state index contributed by atoms with van der Waals surface area (Å²) in [6.45, 7) is 4.08. The molecule has 0 saturated heterocycles. The van der Waals surface area contributed by atoms with Crippen molar-refractivity contribution in [2.45, 2.75) is 19.9 Å². The largest absolute Gasteiger partial charge is 0.459 e. The van der Waals surface area contributed by atoms with Crippen LogP contribution in [0.3, 0.4) is 0 Å². The summed E-state index contributed by atoms with van der Waals surface area (Å²) >= 11 is 1.66. The lowest BCUT2D eigenvalue weighted by molar-refractivity contribution is 0.485. The highest BCUT2D eigenvalue weighted by atomic mass is 32.1. The van der Waals surface area contributed by atoms with Crippen LogP contribution in [-0.2, 0) is 0 Å². The monoisotopic (exact) mass is 272 g/mol. The van der Waals surface area contributed by atoms with Gasteiger partial charge in [-0.25, -0.2) is 4.98 Å². The molecule has 0 spiro atoms. The number of furan rings is 1. The van der Waals surface area contributed by atoms with Crippen LogP contribution in [0.4, 0.5) is 0 Å². The number of benzene rings is 1. The molecule has 0 bridgehead atoms. The first-order chi connectivity index (χ1) is 9.19. The highest BCUT2D eigenvalue weighted by Crippen LogP contribution is 2.30. The standard InChI is InChI=1S/C15H16N2OS/c1-9-5-4-6-11-7-13(18-15(9)11)14(16-3)12-8-19-10(2)17-12/h4-8,14,16H,1-3H3. The first-order valence-electron chi connectivity index (χ1n) is 6.27. The molecule has 0 amide bonds. The van der Waals surface area contributed by atoms with Gasteiger partial charge in [0.05, 0.1) is 10.7 Å². The van der Waals surface area contributed by atoms with E-state index in [1.54, 1.807) is 11.3 Å². The van der Waals surface area contributed by atoms with Crippen molar-refractivity contribution in [3.05, 3.63) is 51.7 Å².